The molecule has 1 aliphatic carbocycles. The summed E-state index contributed by atoms with van der Waals surface area (Å²) in [5, 5.41) is 112. The number of aliphatic carboxylic acids is 1. The van der Waals surface area contributed by atoms with Crippen LogP contribution in [0.1, 0.15) is 104 Å². The zero-order valence-corrected chi connectivity index (χ0v) is 46.0. The number of carboxylic acid groups (broad SMARTS) is 1. The van der Waals surface area contributed by atoms with Crippen molar-refractivity contribution in [1.29, 1.82) is 0 Å². The molecule has 8 unspecified atom stereocenters. The van der Waals surface area contributed by atoms with Crippen molar-refractivity contribution in [3.8, 4) is 40.2 Å². The minimum Gasteiger partial charge on any atom is -0.508 e. The zero-order chi connectivity index (χ0) is 61.2. The van der Waals surface area contributed by atoms with Gasteiger partial charge in [0.05, 0.1) is 12.5 Å². The van der Waals surface area contributed by atoms with Crippen molar-refractivity contribution in [2.45, 2.75) is 108 Å². The predicted molar refractivity (Wildman–Crippen MR) is 291 cm³/mol. The van der Waals surface area contributed by atoms with Gasteiger partial charge in [-0.05, 0) is 116 Å². The second kappa shape index (κ2) is 27.5. The molecule has 26 nitrogen and oxygen atoms in total. The average Bonchev–Trinajstić information content (AvgIpc) is 3.60. The van der Waals surface area contributed by atoms with Gasteiger partial charge in [0.15, 0.2) is 23.3 Å². The van der Waals surface area contributed by atoms with Gasteiger partial charge in [-0.2, -0.15) is 0 Å². The Balaban J connectivity index is 1.57. The van der Waals surface area contributed by atoms with Crippen molar-refractivity contribution in [2.24, 2.45) is 11.7 Å². The number of aliphatic hydroxyl groups excluding tert-OH is 1. The van der Waals surface area contributed by atoms with E-state index in [0.29, 0.717) is 12.1 Å². The number of carbonyl (C=O) groups is 9. The standard InChI is InChI=1S/C54H62Cl2N8O18/c1-21(2)10-34(58-5)48(75)64-45(46(73)28-14-33(56)23(4)37(69)18-28)53(80)59-35(20-40(57)72)49(76)60-43(27-16-38(70)47(74)39(71)17-27)51(78)61-41(24-6-8-29(65)9-7-24)50(77)62-42(26-13-32(55)22(3)36(68)15-26)52(79)63-44(54(81)82)25-11-30(66)19-31(67)12-25/h6,11-19,21,34-35,41-46,58,66-71,73-74H,7-10,20H2,1-5H3,(H2,57,72)(H,59,80)(H,60,76)(H,61,78)(H,62,77)(H,63,79)(H,64,75)(H,81,82). The summed E-state index contributed by atoms with van der Waals surface area (Å²) in [7, 11) is 1.46. The quantitative estimate of drug-likeness (QED) is 0.0352. The van der Waals surface area contributed by atoms with Gasteiger partial charge in [-0.15, -0.1) is 0 Å². The summed E-state index contributed by atoms with van der Waals surface area (Å²) < 4.78 is 0. The fourth-order valence-corrected chi connectivity index (χ4v) is 9.09. The molecule has 8 atom stereocenters. The Morgan fingerprint density at radius 3 is 1.50 bits per heavy atom. The van der Waals surface area contributed by atoms with Crippen LogP contribution in [0.25, 0.3) is 0 Å². The van der Waals surface area contributed by atoms with Gasteiger partial charge in [-0.3, -0.25) is 38.4 Å². The number of nitrogens with one attached hydrogen (secondary N) is 7. The molecule has 0 saturated heterocycles. The number of likely N-dealkylation sites (N-methyl/N-ethyl adjacent to an activating group) is 1. The molecule has 0 radical (unpaired) electrons. The maximum atomic E-state index is 14.9. The molecule has 0 saturated carbocycles. The molecular formula is C54H62Cl2N8O18. The lowest BCUT2D eigenvalue weighted by atomic mass is 9.91. The Morgan fingerprint density at radius 1 is 0.561 bits per heavy atom. The van der Waals surface area contributed by atoms with E-state index in [1.807, 2.05) is 13.8 Å². The lowest BCUT2D eigenvalue weighted by Gasteiger charge is -2.30. The first-order valence-corrected chi connectivity index (χ1v) is 25.8. The van der Waals surface area contributed by atoms with Crippen molar-refractivity contribution < 1.29 is 89.1 Å². The second-order valence-electron chi connectivity index (χ2n) is 19.7. The van der Waals surface area contributed by atoms with E-state index in [2.05, 4.69) is 37.2 Å². The highest BCUT2D eigenvalue weighted by molar-refractivity contribution is 6.32. The highest BCUT2D eigenvalue weighted by atomic mass is 35.5. The number of phenols is 7. The molecule has 440 valence electrons. The lowest BCUT2D eigenvalue weighted by Crippen LogP contribution is -2.59. The van der Waals surface area contributed by atoms with E-state index in [-0.39, 0.29) is 80.8 Å². The number of phenolic OH excluding ortho intramolecular Hbond substituents is 7. The van der Waals surface area contributed by atoms with Gasteiger partial charge in [0.2, 0.25) is 41.4 Å². The number of aliphatic hydroxyl groups is 1. The maximum Gasteiger partial charge on any atom is 0.330 e. The first-order chi connectivity index (χ1) is 38.4. The number of benzene rings is 4. The van der Waals surface area contributed by atoms with Crippen molar-refractivity contribution in [1.82, 2.24) is 37.2 Å². The van der Waals surface area contributed by atoms with Crippen molar-refractivity contribution in [3.63, 3.8) is 0 Å². The minimum atomic E-state index is -2.23. The topological polar surface area (TPSA) is 446 Å². The first kappa shape index (κ1) is 64.0. The van der Waals surface area contributed by atoms with E-state index >= 15 is 0 Å². The number of hydrogen-bond acceptors (Lipinski definition) is 18. The molecule has 82 heavy (non-hydrogen) atoms. The zero-order valence-electron chi connectivity index (χ0n) is 44.5. The summed E-state index contributed by atoms with van der Waals surface area (Å²) in [6, 6.07) is -4.79. The maximum absolute atomic E-state index is 14.9. The lowest BCUT2D eigenvalue weighted by molar-refractivity contribution is -0.142. The smallest absolute Gasteiger partial charge is 0.330 e. The highest BCUT2D eigenvalue weighted by Gasteiger charge is 2.39. The molecule has 0 bridgehead atoms. The summed E-state index contributed by atoms with van der Waals surface area (Å²) in [6.45, 7) is 6.48. The number of amides is 7. The third-order valence-electron chi connectivity index (χ3n) is 13.2. The predicted octanol–water partition coefficient (Wildman–Crippen LogP) is 1.88. The number of ketones is 1. The molecule has 0 spiro atoms. The van der Waals surface area contributed by atoms with Crippen LogP contribution in [0, 0.1) is 19.8 Å². The summed E-state index contributed by atoms with van der Waals surface area (Å²) in [6.07, 6.45) is -2.28. The normalized spacial score (nSPS) is 15.2. The van der Waals surface area contributed by atoms with E-state index in [1.54, 1.807) is 0 Å². The van der Waals surface area contributed by atoms with Crippen LogP contribution in [0.4, 0.5) is 0 Å². The Morgan fingerprint density at radius 2 is 1.01 bits per heavy atom. The molecule has 18 N–H and O–H groups in total. The summed E-state index contributed by atoms with van der Waals surface area (Å²) in [5.41, 5.74) is 4.51. The fourth-order valence-electron chi connectivity index (χ4n) is 8.65. The largest absolute Gasteiger partial charge is 0.508 e. The van der Waals surface area contributed by atoms with E-state index in [4.69, 9.17) is 28.9 Å². The van der Waals surface area contributed by atoms with E-state index in [0.717, 1.165) is 36.4 Å². The monoisotopic (exact) mass is 1180 g/mol. The van der Waals surface area contributed by atoms with Crippen LogP contribution in [0.15, 0.2) is 66.2 Å². The Bertz CT molecular complexity index is 3120. The average molecular weight is 1180 g/mol. The Labute approximate surface area is 477 Å². The number of nitrogens with two attached hydrogens (primary N) is 1. The van der Waals surface area contributed by atoms with Crippen LogP contribution in [-0.2, 0) is 43.2 Å². The molecule has 0 fully saturated rings. The molecule has 4 aromatic rings. The van der Waals surface area contributed by atoms with Crippen LogP contribution in [0.3, 0.4) is 0 Å². The van der Waals surface area contributed by atoms with E-state index in [1.165, 1.54) is 33.0 Å². The summed E-state index contributed by atoms with van der Waals surface area (Å²) >= 11 is 12.7. The highest BCUT2D eigenvalue weighted by Crippen LogP contribution is 2.38. The van der Waals surface area contributed by atoms with Gasteiger partial charge in [0, 0.05) is 40.1 Å². The van der Waals surface area contributed by atoms with Crippen LogP contribution < -0.4 is 43.0 Å². The molecule has 1 aliphatic rings. The Hall–Kier alpha value is -8.85. The molecule has 7 amide bonds. The van der Waals surface area contributed by atoms with Gasteiger partial charge >= 0.3 is 5.97 Å². The number of aromatic hydroxyl groups is 7. The molecule has 5 rings (SSSR count). The van der Waals surface area contributed by atoms with Crippen LogP contribution in [0.2, 0.25) is 10.0 Å². The van der Waals surface area contributed by atoms with Crippen molar-refractivity contribution >= 4 is 76.3 Å². The van der Waals surface area contributed by atoms with Gasteiger partial charge in [0.25, 0.3) is 0 Å². The first-order valence-electron chi connectivity index (χ1n) is 25.1. The number of carbonyl (C=O) groups excluding carboxylic acids is 8. The molecule has 0 heterocycles. The molecule has 28 heteroatoms. The van der Waals surface area contributed by atoms with Crippen molar-refractivity contribution in [2.75, 3.05) is 7.05 Å². The van der Waals surface area contributed by atoms with Crippen LogP contribution in [0.5, 0.6) is 40.2 Å². The van der Waals surface area contributed by atoms with Crippen LogP contribution in [-0.4, -0.2) is 130 Å². The number of rotatable bonds is 24. The second-order valence-corrected chi connectivity index (χ2v) is 20.6. The van der Waals surface area contributed by atoms with Crippen LogP contribution >= 0.6 is 23.2 Å². The number of carboxylic acids is 1. The summed E-state index contributed by atoms with van der Waals surface area (Å²) in [5.74, 6) is -16.2. The van der Waals surface area contributed by atoms with E-state index in [9.17, 15) is 89.1 Å². The number of primary amides is 1. The molecule has 0 aromatic heterocycles. The van der Waals surface area contributed by atoms with Gasteiger partial charge in [0.1, 0.15) is 65.1 Å². The number of allylic oxidation sites excluding steroid dienone is 1. The molecular weight excluding hydrogens is 1120 g/mol. The third-order valence-corrected chi connectivity index (χ3v) is 14.0. The SMILES string of the molecule is CNC(CC(C)C)C(=O)NC(C(=O)NC(CC(N)=O)C(=O)NC(C(=O)NC(C(=O)NC(C(=O)NC(C(=O)O)c1cc(O)cc(O)c1)c1cc(O)c(C)c(Cl)c1)C1=CCC(=O)CC1)c1cc(O)c(O)c(O)c1)C(O)c1cc(O)c(C)c(Cl)c1. The van der Waals surface area contributed by atoms with Crippen molar-refractivity contribution in [3.05, 3.63) is 110 Å². The third kappa shape index (κ3) is 16.2. The van der Waals surface area contributed by atoms with Gasteiger partial charge < -0.3 is 88.9 Å². The Kier molecular flexibility index (Phi) is 21.5. The number of Topliss-reactive ketones (excluding diaryl/α,β-unsaturated/α-hetero) is 1. The molecule has 4 aromatic carbocycles. The summed E-state index contributed by atoms with van der Waals surface area (Å²) in [4.78, 5) is 124. The molecule has 0 aliphatic heterocycles. The van der Waals surface area contributed by atoms with Gasteiger partial charge in [-0.1, -0.05) is 43.1 Å². The fraction of sp³-hybridized carbons (Fsp3) is 0.352. The number of halogens is 2. The van der Waals surface area contributed by atoms with E-state index < -0.39 is 148 Å². The minimum absolute atomic E-state index is 0.0112. The number of hydrogen-bond donors (Lipinski definition) is 17. The van der Waals surface area contributed by atoms with Gasteiger partial charge in [-0.25, -0.2) is 4.79 Å².